The van der Waals surface area contributed by atoms with Gasteiger partial charge in [0.15, 0.2) is 5.78 Å². The smallest absolute Gasteiger partial charge is 0.188 e. The van der Waals surface area contributed by atoms with Gasteiger partial charge in [-0.1, -0.05) is 35.6 Å². The average Bonchev–Trinajstić information content (AvgIpc) is 2.65. The molecule has 5 nitrogen and oxygen atoms in total. The van der Waals surface area contributed by atoms with E-state index in [-0.39, 0.29) is 29.0 Å². The Hall–Kier alpha value is -3.21. The van der Waals surface area contributed by atoms with Crippen molar-refractivity contribution in [3.05, 3.63) is 64.7 Å². The Morgan fingerprint density at radius 2 is 1.81 bits per heavy atom. The van der Waals surface area contributed by atoms with Crippen LogP contribution in [0.2, 0.25) is 0 Å². The van der Waals surface area contributed by atoms with Crippen molar-refractivity contribution < 1.29 is 24.5 Å². The second-order valence-electron chi connectivity index (χ2n) is 6.24. The molecule has 0 amide bonds. The van der Waals surface area contributed by atoms with E-state index in [2.05, 4.69) is 0 Å². The van der Waals surface area contributed by atoms with Crippen molar-refractivity contribution in [3.63, 3.8) is 0 Å². The SMILES string of the molecule is COc1ccc(/C=C/C(=O)c2c(OC)cc(O)c(CC=C(C)C)c2[O-])cc1. The summed E-state index contributed by atoms with van der Waals surface area (Å²) in [5.74, 6) is -0.405. The maximum Gasteiger partial charge on any atom is 0.188 e. The molecule has 0 atom stereocenters. The second kappa shape index (κ2) is 8.94. The van der Waals surface area contributed by atoms with Gasteiger partial charge in [0.05, 0.1) is 19.8 Å². The summed E-state index contributed by atoms with van der Waals surface area (Å²) in [6.45, 7) is 3.80. The van der Waals surface area contributed by atoms with Gasteiger partial charge in [0.1, 0.15) is 17.2 Å². The lowest BCUT2D eigenvalue weighted by Crippen LogP contribution is -2.09. The summed E-state index contributed by atoms with van der Waals surface area (Å²) in [6.07, 6.45) is 5.01. The van der Waals surface area contributed by atoms with E-state index >= 15 is 0 Å². The quantitative estimate of drug-likeness (QED) is 0.456. The molecule has 0 heterocycles. The fourth-order valence-corrected chi connectivity index (χ4v) is 2.53. The number of allylic oxidation sites excluding steroid dienone is 3. The maximum absolute atomic E-state index is 12.8. The molecule has 2 aromatic carbocycles. The topological polar surface area (TPSA) is 78.8 Å². The summed E-state index contributed by atoms with van der Waals surface area (Å²) < 4.78 is 10.2. The van der Waals surface area contributed by atoms with E-state index < -0.39 is 11.5 Å². The van der Waals surface area contributed by atoms with Crippen LogP contribution in [0.1, 0.15) is 35.3 Å². The zero-order chi connectivity index (χ0) is 20.0. The number of methoxy groups -OCH3 is 2. The van der Waals surface area contributed by atoms with Crippen LogP contribution in [0.25, 0.3) is 6.08 Å². The van der Waals surface area contributed by atoms with Crippen molar-refractivity contribution in [1.29, 1.82) is 0 Å². The Balaban J connectivity index is 2.39. The summed E-state index contributed by atoms with van der Waals surface area (Å²) in [6, 6.07) is 8.47. The molecule has 0 saturated heterocycles. The minimum Gasteiger partial charge on any atom is -0.872 e. The Labute approximate surface area is 159 Å². The number of hydrogen-bond acceptors (Lipinski definition) is 5. The Morgan fingerprint density at radius 3 is 2.37 bits per heavy atom. The lowest BCUT2D eigenvalue weighted by Gasteiger charge is -2.21. The normalized spacial score (nSPS) is 10.7. The van der Waals surface area contributed by atoms with Gasteiger partial charge in [0, 0.05) is 6.07 Å². The second-order valence-corrected chi connectivity index (χ2v) is 6.24. The van der Waals surface area contributed by atoms with Crippen molar-refractivity contribution >= 4 is 11.9 Å². The zero-order valence-electron chi connectivity index (χ0n) is 15.9. The first kappa shape index (κ1) is 20.1. The maximum atomic E-state index is 12.8. The van der Waals surface area contributed by atoms with Gasteiger partial charge in [-0.05, 0) is 49.6 Å². The average molecular weight is 367 g/mol. The van der Waals surface area contributed by atoms with Gasteiger partial charge >= 0.3 is 0 Å². The molecule has 0 radical (unpaired) electrons. The highest BCUT2D eigenvalue weighted by Crippen LogP contribution is 2.37. The predicted octanol–water partition coefficient (Wildman–Crippen LogP) is 3.89. The highest BCUT2D eigenvalue weighted by molar-refractivity contribution is 6.10. The van der Waals surface area contributed by atoms with Crippen LogP contribution in [0.4, 0.5) is 0 Å². The molecule has 1 N–H and O–H groups in total. The van der Waals surface area contributed by atoms with E-state index in [0.717, 1.165) is 11.1 Å². The van der Waals surface area contributed by atoms with Crippen LogP contribution < -0.4 is 14.6 Å². The van der Waals surface area contributed by atoms with Gasteiger partial charge in [-0.3, -0.25) is 4.79 Å². The molecule has 0 bridgehead atoms. The van der Waals surface area contributed by atoms with E-state index in [9.17, 15) is 15.0 Å². The highest BCUT2D eigenvalue weighted by Gasteiger charge is 2.16. The van der Waals surface area contributed by atoms with Crippen molar-refractivity contribution in [2.75, 3.05) is 14.2 Å². The Morgan fingerprint density at radius 1 is 1.15 bits per heavy atom. The van der Waals surface area contributed by atoms with Crippen LogP contribution >= 0.6 is 0 Å². The van der Waals surface area contributed by atoms with E-state index in [1.54, 1.807) is 37.5 Å². The summed E-state index contributed by atoms with van der Waals surface area (Å²) in [5, 5.41) is 22.9. The Kier molecular flexibility index (Phi) is 6.66. The third-order valence-corrected chi connectivity index (χ3v) is 4.05. The third-order valence-electron chi connectivity index (χ3n) is 4.05. The minimum absolute atomic E-state index is 0.0582. The van der Waals surface area contributed by atoms with Crippen LogP contribution in [0.5, 0.6) is 23.0 Å². The lowest BCUT2D eigenvalue weighted by molar-refractivity contribution is -0.269. The first-order valence-corrected chi connectivity index (χ1v) is 8.47. The number of benzene rings is 2. The fourth-order valence-electron chi connectivity index (χ4n) is 2.53. The van der Waals surface area contributed by atoms with Gasteiger partial charge in [-0.2, -0.15) is 0 Å². The number of ether oxygens (including phenoxy) is 2. The number of carbonyl (C=O) groups is 1. The highest BCUT2D eigenvalue weighted by atomic mass is 16.5. The summed E-state index contributed by atoms with van der Waals surface area (Å²) in [4.78, 5) is 12.7. The molecular weight excluding hydrogens is 344 g/mol. The van der Waals surface area contributed by atoms with E-state index in [1.807, 2.05) is 19.9 Å². The molecule has 0 fully saturated rings. The van der Waals surface area contributed by atoms with Crippen molar-refractivity contribution in [1.82, 2.24) is 0 Å². The van der Waals surface area contributed by atoms with Crippen molar-refractivity contribution in [2.45, 2.75) is 20.3 Å². The monoisotopic (exact) mass is 367 g/mol. The summed E-state index contributed by atoms with van der Waals surface area (Å²) >= 11 is 0. The number of aromatic hydroxyl groups is 1. The molecule has 0 aliphatic heterocycles. The number of phenolic OH excluding ortho intramolecular Hbond substituents is 1. The molecule has 0 aliphatic rings. The largest absolute Gasteiger partial charge is 0.872 e. The number of carbonyl (C=O) groups excluding carboxylic acids is 1. The minimum atomic E-state index is -0.520. The van der Waals surface area contributed by atoms with Gasteiger partial charge in [-0.15, -0.1) is 0 Å². The van der Waals surface area contributed by atoms with Crippen LogP contribution in [0.3, 0.4) is 0 Å². The van der Waals surface area contributed by atoms with E-state index in [1.165, 1.54) is 19.3 Å². The predicted molar refractivity (Wildman–Crippen MR) is 104 cm³/mol. The first-order valence-electron chi connectivity index (χ1n) is 8.47. The zero-order valence-corrected chi connectivity index (χ0v) is 15.9. The molecule has 0 spiro atoms. The molecule has 0 aromatic heterocycles. The molecular formula is C22H23O5-. The van der Waals surface area contributed by atoms with Gasteiger partial charge < -0.3 is 19.7 Å². The lowest BCUT2D eigenvalue weighted by atomic mass is 9.99. The van der Waals surface area contributed by atoms with Gasteiger partial charge in [0.25, 0.3) is 0 Å². The molecule has 2 rings (SSSR count). The number of ketones is 1. The van der Waals surface area contributed by atoms with Crippen molar-refractivity contribution in [2.24, 2.45) is 0 Å². The first-order chi connectivity index (χ1) is 12.9. The molecule has 2 aromatic rings. The van der Waals surface area contributed by atoms with Gasteiger partial charge in [-0.25, -0.2) is 0 Å². The molecule has 5 heteroatoms. The number of phenols is 1. The van der Waals surface area contributed by atoms with Gasteiger partial charge in [0.2, 0.25) is 0 Å². The molecule has 0 unspecified atom stereocenters. The van der Waals surface area contributed by atoms with Crippen LogP contribution in [-0.4, -0.2) is 25.1 Å². The number of rotatable bonds is 7. The van der Waals surface area contributed by atoms with Crippen LogP contribution in [0.15, 0.2) is 48.1 Å². The van der Waals surface area contributed by atoms with E-state index in [4.69, 9.17) is 9.47 Å². The van der Waals surface area contributed by atoms with Crippen LogP contribution in [-0.2, 0) is 6.42 Å². The standard InChI is InChI=1S/C22H24O5/c1-14(2)5-11-17-19(24)13-20(27-4)21(22(17)25)18(23)12-8-15-6-9-16(26-3)10-7-15/h5-10,12-13,24-25H,11H2,1-4H3/p-1/b12-8+. The third kappa shape index (κ3) is 4.91. The molecule has 0 aliphatic carbocycles. The van der Waals surface area contributed by atoms with Crippen molar-refractivity contribution in [3.8, 4) is 23.0 Å². The Bertz CT molecular complexity index is 873. The number of hydrogen-bond donors (Lipinski definition) is 1. The molecule has 27 heavy (non-hydrogen) atoms. The van der Waals surface area contributed by atoms with Crippen LogP contribution in [0, 0.1) is 0 Å². The summed E-state index contributed by atoms with van der Waals surface area (Å²) in [5.41, 5.74) is 1.89. The molecule has 142 valence electrons. The van der Waals surface area contributed by atoms with E-state index in [0.29, 0.717) is 5.75 Å². The fraction of sp³-hybridized carbons (Fsp3) is 0.227. The molecule has 0 saturated carbocycles. The summed E-state index contributed by atoms with van der Waals surface area (Å²) in [7, 11) is 2.93.